The van der Waals surface area contributed by atoms with Crippen molar-refractivity contribution in [3.63, 3.8) is 0 Å². The smallest absolute Gasteiger partial charge is 0.259 e. The molecule has 4 nitrogen and oxygen atoms in total. The van der Waals surface area contributed by atoms with Gasteiger partial charge < -0.3 is 0 Å². The first-order valence-corrected chi connectivity index (χ1v) is 4.34. The van der Waals surface area contributed by atoms with E-state index in [9.17, 15) is 13.2 Å². The zero-order valence-corrected chi connectivity index (χ0v) is 9.43. The molecule has 19 heavy (non-hydrogen) atoms. The molecule has 0 aliphatic rings. The molecule has 0 fully saturated rings. The van der Waals surface area contributed by atoms with E-state index in [4.69, 9.17) is 35.4 Å². The summed E-state index contributed by atoms with van der Waals surface area (Å²) in [6.07, 6.45) is -3.83. The Morgan fingerprint density at radius 1 is 1.26 bits per heavy atom. The zero-order valence-electron chi connectivity index (χ0n) is 8.67. The van der Waals surface area contributed by atoms with Crippen LogP contribution >= 0.6 is 11.6 Å². The number of rotatable bonds is 2. The van der Waals surface area contributed by atoms with Crippen molar-refractivity contribution in [1.82, 2.24) is 4.98 Å². The third kappa shape index (κ3) is 7.32. The second-order valence-corrected chi connectivity index (χ2v) is 2.95. The van der Waals surface area contributed by atoms with E-state index in [1.54, 1.807) is 0 Å². The highest BCUT2D eigenvalue weighted by Gasteiger charge is 2.31. The van der Waals surface area contributed by atoms with Crippen molar-refractivity contribution in [1.29, 1.82) is 0 Å². The van der Waals surface area contributed by atoms with E-state index in [-0.39, 0.29) is 17.3 Å². The van der Waals surface area contributed by atoms with Crippen LogP contribution < -0.4 is 0 Å². The predicted octanol–water partition coefficient (Wildman–Crippen LogP) is 5.24. The van der Waals surface area contributed by atoms with Gasteiger partial charge in [0, 0.05) is 29.4 Å². The lowest BCUT2D eigenvalue weighted by molar-refractivity contribution is -0.137. The largest absolute Gasteiger partial charge is 0.417 e. The van der Waals surface area contributed by atoms with Gasteiger partial charge in [-0.3, -0.25) is 4.98 Å². The number of hydrogen-bond acceptors (Lipinski definition) is 2. The second kappa shape index (κ2) is 10.2. The molecule has 0 radical (unpaired) electrons. The molecule has 0 atom stereocenters. The fourth-order valence-electron chi connectivity index (χ4n) is 0.836. The molecule has 1 aromatic heterocycles. The molecule has 0 saturated carbocycles. The van der Waals surface area contributed by atoms with Crippen LogP contribution in [-0.4, -0.2) is 4.98 Å². The summed E-state index contributed by atoms with van der Waals surface area (Å²) in [6, 6.07) is 0.747. The number of nitrogens with zero attached hydrogens (tertiary/aromatic N) is 4. The lowest BCUT2D eigenvalue weighted by atomic mass is 10.2. The van der Waals surface area contributed by atoms with Gasteiger partial charge in [0.15, 0.2) is 0 Å². The highest BCUT2D eigenvalue weighted by molar-refractivity contribution is 6.31. The van der Waals surface area contributed by atoms with E-state index in [2.05, 4.69) is 15.0 Å². The van der Waals surface area contributed by atoms with E-state index in [1.807, 2.05) is 0 Å². The molecule has 108 valence electrons. The molecule has 0 saturated heterocycles. The molecule has 0 spiro atoms. The van der Waals surface area contributed by atoms with Crippen molar-refractivity contribution in [2.24, 2.45) is 5.11 Å². The highest BCUT2D eigenvalue weighted by atomic mass is 35.5. The lowest BCUT2D eigenvalue weighted by Gasteiger charge is -2.07. The minimum absolute atomic E-state index is 0.113. The normalized spacial score (nSPS) is 9.26. The van der Waals surface area contributed by atoms with Crippen molar-refractivity contribution in [3.05, 3.63) is 39.0 Å². The summed E-state index contributed by atoms with van der Waals surface area (Å²) in [5.41, 5.74) is 7.19. The Kier molecular flexibility index (Phi) is 10.5. The zero-order chi connectivity index (χ0) is 15.5. The molecule has 0 aromatic carbocycles. The Bertz CT molecular complexity index is 418. The van der Waals surface area contributed by atoms with Crippen molar-refractivity contribution in [3.8, 4) is 0 Å². The fraction of sp³-hybridized carbons (Fsp3) is 0.286. The van der Waals surface area contributed by atoms with E-state index >= 15 is 0 Å². The van der Waals surface area contributed by atoms with E-state index < -0.39 is 11.7 Å². The van der Waals surface area contributed by atoms with Gasteiger partial charge in [-0.2, -0.15) is 13.2 Å². The number of hydrogen-bond donors (Lipinski definition) is 0. The Morgan fingerprint density at radius 3 is 2.16 bits per heavy atom. The van der Waals surface area contributed by atoms with Crippen LogP contribution in [0.25, 0.3) is 10.4 Å². The van der Waals surface area contributed by atoms with Crippen molar-refractivity contribution < 1.29 is 31.5 Å². The third-order valence-electron chi connectivity index (χ3n) is 1.53. The van der Waals surface area contributed by atoms with Crippen LogP contribution in [0.2, 0.25) is 5.02 Å². The van der Waals surface area contributed by atoms with Crippen LogP contribution in [0, 0.1) is 0 Å². The maximum absolute atomic E-state index is 12.2. The first-order chi connectivity index (χ1) is 8.95. The predicted molar refractivity (Wildman–Crippen MR) is 51.5 cm³/mol. The van der Waals surface area contributed by atoms with Gasteiger partial charge in [-0.15, -0.1) is 0 Å². The van der Waals surface area contributed by atoms with E-state index in [1.165, 1.54) is 0 Å². The Morgan fingerprint density at radius 2 is 1.79 bits per heavy atom. The molecular formula is C7H4ClF7N4. The summed E-state index contributed by atoms with van der Waals surface area (Å²) < 4.78 is 68.5. The standard InChI is InChI=1S/C7H4ClF3N4.2F2/c8-5-1-4(7(9,10)11)2-13-6(5)3-14-15-12;2*1-2/h1-2H,3H2;;. The molecule has 1 aromatic rings. The number of azide groups is 1. The molecule has 0 bridgehead atoms. The van der Waals surface area contributed by atoms with E-state index in [0.29, 0.717) is 6.20 Å². The number of alkyl halides is 3. The first kappa shape index (κ1) is 19.6. The molecule has 0 N–H and O–H groups in total. The van der Waals surface area contributed by atoms with Crippen LogP contribution in [0.1, 0.15) is 11.3 Å². The summed E-state index contributed by atoms with van der Waals surface area (Å²) in [7, 11) is 0. The first-order valence-electron chi connectivity index (χ1n) is 3.96. The maximum Gasteiger partial charge on any atom is 0.417 e. The van der Waals surface area contributed by atoms with Gasteiger partial charge in [0.2, 0.25) is 0 Å². The lowest BCUT2D eigenvalue weighted by Crippen LogP contribution is -2.06. The summed E-state index contributed by atoms with van der Waals surface area (Å²) in [5.74, 6) is 0. The van der Waals surface area contributed by atoms with Gasteiger partial charge in [0.1, 0.15) is 0 Å². The summed E-state index contributed by atoms with van der Waals surface area (Å²) in [4.78, 5) is 5.91. The Labute approximate surface area is 106 Å². The summed E-state index contributed by atoms with van der Waals surface area (Å²) in [5, 5.41) is 2.98. The van der Waals surface area contributed by atoms with Crippen LogP contribution in [0.4, 0.5) is 31.5 Å². The number of halogens is 8. The van der Waals surface area contributed by atoms with Gasteiger partial charge in [-0.1, -0.05) is 16.7 Å². The molecule has 12 heteroatoms. The van der Waals surface area contributed by atoms with Gasteiger partial charge in [-0.25, -0.2) is 0 Å². The number of aromatic nitrogens is 1. The van der Waals surface area contributed by atoms with Crippen LogP contribution in [0.15, 0.2) is 17.4 Å². The van der Waals surface area contributed by atoms with Crippen molar-refractivity contribution in [2.45, 2.75) is 12.7 Å². The van der Waals surface area contributed by atoms with Gasteiger partial charge >= 0.3 is 6.18 Å². The molecule has 0 aliphatic carbocycles. The fourth-order valence-corrected chi connectivity index (χ4v) is 1.06. The average Bonchev–Trinajstić information content (AvgIpc) is 2.41. The summed E-state index contributed by atoms with van der Waals surface area (Å²) >= 11 is 5.53. The van der Waals surface area contributed by atoms with Gasteiger partial charge in [0.05, 0.1) is 22.8 Å². The van der Waals surface area contributed by atoms with Crippen LogP contribution in [0.5, 0.6) is 0 Å². The van der Waals surface area contributed by atoms with Crippen LogP contribution in [-0.2, 0) is 12.7 Å². The Hall–Kier alpha value is -1.74. The molecule has 1 heterocycles. The molecule has 0 aliphatic heterocycles. The Balaban J connectivity index is 0. The quantitative estimate of drug-likeness (QED) is 0.318. The van der Waals surface area contributed by atoms with Crippen molar-refractivity contribution in [2.75, 3.05) is 0 Å². The third-order valence-corrected chi connectivity index (χ3v) is 1.86. The minimum atomic E-state index is -4.48. The topological polar surface area (TPSA) is 61.7 Å². The molecule has 1 rings (SSSR count). The number of pyridine rings is 1. The highest BCUT2D eigenvalue weighted by Crippen LogP contribution is 2.31. The molecule has 0 amide bonds. The van der Waals surface area contributed by atoms with E-state index in [0.717, 1.165) is 6.07 Å². The maximum atomic E-state index is 12.2. The SMILES string of the molecule is FF.FF.[N-]=[N+]=NCc1ncc(C(F)(F)F)cc1Cl. The monoisotopic (exact) mass is 312 g/mol. The molecule has 0 unspecified atom stereocenters. The van der Waals surface area contributed by atoms with Crippen molar-refractivity contribution >= 4 is 11.6 Å². The van der Waals surface area contributed by atoms with Crippen LogP contribution in [0.3, 0.4) is 0 Å². The minimum Gasteiger partial charge on any atom is -0.259 e. The molecular weight excluding hydrogens is 309 g/mol. The van der Waals surface area contributed by atoms with Gasteiger partial charge in [0.25, 0.3) is 0 Å². The second-order valence-electron chi connectivity index (χ2n) is 2.54. The van der Waals surface area contributed by atoms with Gasteiger partial charge in [-0.05, 0) is 11.6 Å². The average molecular weight is 313 g/mol. The summed E-state index contributed by atoms with van der Waals surface area (Å²) in [6.45, 7) is -0.173.